The lowest BCUT2D eigenvalue weighted by Gasteiger charge is -2.14. The maximum atomic E-state index is 11.9. The molecule has 122 valence electrons. The Hall–Kier alpha value is -1.92. The molecule has 1 aromatic rings. The van der Waals surface area contributed by atoms with Crippen LogP contribution >= 0.6 is 0 Å². The third-order valence-electron chi connectivity index (χ3n) is 3.67. The van der Waals surface area contributed by atoms with Crippen LogP contribution in [-0.2, 0) is 16.0 Å². The van der Waals surface area contributed by atoms with E-state index in [0.717, 1.165) is 12.8 Å². The summed E-state index contributed by atoms with van der Waals surface area (Å²) in [5, 5.41) is 9.50. The number of aromatic nitrogens is 2. The first-order valence-corrected chi connectivity index (χ1v) is 7.96. The van der Waals surface area contributed by atoms with Crippen LogP contribution < -0.4 is 10.6 Å². The predicted octanol–water partition coefficient (Wildman–Crippen LogP) is 1.30. The van der Waals surface area contributed by atoms with Gasteiger partial charge in [-0.3, -0.25) is 9.59 Å². The summed E-state index contributed by atoms with van der Waals surface area (Å²) in [4.78, 5) is 27.9. The summed E-state index contributed by atoms with van der Waals surface area (Å²) in [5.41, 5.74) is 0. The second kappa shape index (κ2) is 7.91. The van der Waals surface area contributed by atoms with Gasteiger partial charge in [0.1, 0.15) is 6.04 Å². The molecule has 0 aliphatic carbocycles. The van der Waals surface area contributed by atoms with E-state index >= 15 is 0 Å². The molecule has 0 spiro atoms. The highest BCUT2D eigenvalue weighted by atomic mass is 16.5. The Kier molecular flexibility index (Phi) is 5.91. The van der Waals surface area contributed by atoms with Gasteiger partial charge in [0.05, 0.1) is 0 Å². The van der Waals surface area contributed by atoms with E-state index < -0.39 is 6.04 Å². The van der Waals surface area contributed by atoms with E-state index in [4.69, 9.17) is 4.52 Å². The minimum absolute atomic E-state index is 0.0793. The zero-order chi connectivity index (χ0) is 15.9. The topological polar surface area (TPSA) is 97.1 Å². The van der Waals surface area contributed by atoms with Crippen molar-refractivity contribution in [2.45, 2.75) is 64.3 Å². The number of nitrogens with zero attached hydrogens (tertiary/aromatic N) is 2. The highest BCUT2D eigenvalue weighted by Crippen LogP contribution is 2.11. The van der Waals surface area contributed by atoms with Gasteiger partial charge >= 0.3 is 0 Å². The van der Waals surface area contributed by atoms with Crippen molar-refractivity contribution in [2.75, 3.05) is 6.54 Å². The molecule has 1 aromatic heterocycles. The zero-order valence-electron chi connectivity index (χ0n) is 13.2. The van der Waals surface area contributed by atoms with E-state index in [2.05, 4.69) is 20.8 Å². The first kappa shape index (κ1) is 16.5. The Labute approximate surface area is 130 Å². The normalized spacial score (nSPS) is 18.9. The molecular formula is C15H24N4O3. The molecule has 1 aliphatic rings. The molecule has 2 heterocycles. The summed E-state index contributed by atoms with van der Waals surface area (Å²) in [6, 6.07) is -0.397. The number of hydrogen-bond donors (Lipinski definition) is 2. The van der Waals surface area contributed by atoms with Crippen molar-refractivity contribution >= 4 is 11.8 Å². The van der Waals surface area contributed by atoms with Gasteiger partial charge < -0.3 is 15.2 Å². The van der Waals surface area contributed by atoms with E-state index in [1.807, 2.05) is 13.8 Å². The first-order valence-electron chi connectivity index (χ1n) is 7.96. The molecule has 0 aromatic carbocycles. The van der Waals surface area contributed by atoms with E-state index in [-0.39, 0.29) is 17.7 Å². The fraction of sp³-hybridized carbons (Fsp3) is 0.733. The molecular weight excluding hydrogens is 284 g/mol. The molecule has 0 radical (unpaired) electrons. The smallest absolute Gasteiger partial charge is 0.242 e. The molecule has 0 saturated carbocycles. The molecule has 0 unspecified atom stereocenters. The maximum absolute atomic E-state index is 11.9. The minimum Gasteiger partial charge on any atom is -0.354 e. The van der Waals surface area contributed by atoms with E-state index in [1.54, 1.807) is 0 Å². The van der Waals surface area contributed by atoms with Crippen LogP contribution in [0.15, 0.2) is 4.52 Å². The SMILES string of the molecule is CC(C)c1noc(CCCC(=O)N[C@@H]2CCCCNC2=O)n1. The standard InChI is InChI=1S/C15H24N4O3/c1-10(2)14-18-13(22-19-14)8-5-7-12(20)17-11-6-3-4-9-16-15(11)21/h10-11H,3-9H2,1-2H3,(H,16,21)(H,17,20)/t11-/m1/s1. The molecule has 1 fully saturated rings. The Morgan fingerprint density at radius 1 is 1.45 bits per heavy atom. The van der Waals surface area contributed by atoms with Crippen LogP contribution in [0.3, 0.4) is 0 Å². The zero-order valence-corrected chi connectivity index (χ0v) is 13.2. The number of nitrogens with one attached hydrogen (secondary N) is 2. The number of hydrogen-bond acceptors (Lipinski definition) is 5. The van der Waals surface area contributed by atoms with Crippen LogP contribution in [0.4, 0.5) is 0 Å². The van der Waals surface area contributed by atoms with Gasteiger partial charge in [-0.25, -0.2) is 0 Å². The molecule has 1 atom stereocenters. The van der Waals surface area contributed by atoms with Gasteiger partial charge in [-0.05, 0) is 25.7 Å². The fourth-order valence-corrected chi connectivity index (χ4v) is 2.35. The molecule has 1 aliphatic heterocycles. The monoisotopic (exact) mass is 308 g/mol. The second-order valence-electron chi connectivity index (χ2n) is 5.96. The number of carbonyl (C=O) groups is 2. The van der Waals surface area contributed by atoms with Gasteiger partial charge in [-0.15, -0.1) is 0 Å². The molecule has 7 heteroatoms. The molecule has 2 N–H and O–H groups in total. The van der Waals surface area contributed by atoms with Gasteiger partial charge in [-0.1, -0.05) is 19.0 Å². The van der Waals surface area contributed by atoms with Crippen molar-refractivity contribution in [1.29, 1.82) is 0 Å². The quantitative estimate of drug-likeness (QED) is 0.825. The Morgan fingerprint density at radius 3 is 3.00 bits per heavy atom. The number of carbonyl (C=O) groups excluding carboxylic acids is 2. The van der Waals surface area contributed by atoms with Gasteiger partial charge in [0, 0.05) is 25.3 Å². The van der Waals surface area contributed by atoms with Crippen molar-refractivity contribution < 1.29 is 14.1 Å². The second-order valence-corrected chi connectivity index (χ2v) is 5.96. The summed E-state index contributed by atoms with van der Waals surface area (Å²) in [6.07, 6.45) is 4.17. The molecule has 2 rings (SSSR count). The van der Waals surface area contributed by atoms with Crippen molar-refractivity contribution in [1.82, 2.24) is 20.8 Å². The predicted molar refractivity (Wildman–Crippen MR) is 80.1 cm³/mol. The van der Waals surface area contributed by atoms with E-state index in [9.17, 15) is 9.59 Å². The van der Waals surface area contributed by atoms with Gasteiger partial charge in [-0.2, -0.15) is 4.98 Å². The lowest BCUT2D eigenvalue weighted by atomic mass is 10.1. The van der Waals surface area contributed by atoms with Crippen molar-refractivity contribution in [2.24, 2.45) is 0 Å². The molecule has 22 heavy (non-hydrogen) atoms. The summed E-state index contributed by atoms with van der Waals surface area (Å²) in [6.45, 7) is 4.69. The average Bonchev–Trinajstić information content (AvgIpc) is 2.86. The van der Waals surface area contributed by atoms with E-state index in [0.29, 0.717) is 43.9 Å². The summed E-state index contributed by atoms with van der Waals surface area (Å²) < 4.78 is 5.13. The third kappa shape index (κ3) is 4.82. The average molecular weight is 308 g/mol. The molecule has 7 nitrogen and oxygen atoms in total. The first-order chi connectivity index (χ1) is 10.6. The lowest BCUT2D eigenvalue weighted by Crippen LogP contribution is -2.45. The summed E-state index contributed by atoms with van der Waals surface area (Å²) >= 11 is 0. The molecule has 0 bridgehead atoms. The van der Waals surface area contributed by atoms with Crippen molar-refractivity contribution in [3.05, 3.63) is 11.7 Å². The van der Waals surface area contributed by atoms with Crippen molar-refractivity contribution in [3.8, 4) is 0 Å². The van der Waals surface area contributed by atoms with Gasteiger partial charge in [0.25, 0.3) is 0 Å². The highest BCUT2D eigenvalue weighted by molar-refractivity contribution is 5.87. The summed E-state index contributed by atoms with van der Waals surface area (Å²) in [5.74, 6) is 1.29. The Morgan fingerprint density at radius 2 is 2.27 bits per heavy atom. The third-order valence-corrected chi connectivity index (χ3v) is 3.67. The van der Waals surface area contributed by atoms with Gasteiger partial charge in [0.2, 0.25) is 17.7 Å². The van der Waals surface area contributed by atoms with Gasteiger partial charge in [0.15, 0.2) is 5.82 Å². The lowest BCUT2D eigenvalue weighted by molar-refractivity contribution is -0.128. The van der Waals surface area contributed by atoms with Crippen LogP contribution in [-0.4, -0.2) is 34.5 Å². The molecule has 1 saturated heterocycles. The van der Waals surface area contributed by atoms with Crippen LogP contribution in [0, 0.1) is 0 Å². The van der Waals surface area contributed by atoms with Crippen LogP contribution in [0.5, 0.6) is 0 Å². The number of rotatable bonds is 6. The van der Waals surface area contributed by atoms with Crippen LogP contribution in [0.25, 0.3) is 0 Å². The Bertz CT molecular complexity index is 513. The maximum Gasteiger partial charge on any atom is 0.242 e. The molecule has 2 amide bonds. The van der Waals surface area contributed by atoms with Crippen LogP contribution in [0.1, 0.15) is 63.6 Å². The number of amides is 2. The largest absolute Gasteiger partial charge is 0.354 e. The number of aryl methyl sites for hydroxylation is 1. The van der Waals surface area contributed by atoms with Crippen LogP contribution in [0.2, 0.25) is 0 Å². The highest BCUT2D eigenvalue weighted by Gasteiger charge is 2.22. The van der Waals surface area contributed by atoms with E-state index in [1.165, 1.54) is 0 Å². The fourth-order valence-electron chi connectivity index (χ4n) is 2.35. The van der Waals surface area contributed by atoms with Crippen molar-refractivity contribution in [3.63, 3.8) is 0 Å². The Balaban J connectivity index is 1.71. The minimum atomic E-state index is -0.397. The summed E-state index contributed by atoms with van der Waals surface area (Å²) in [7, 11) is 0.